The van der Waals surface area contributed by atoms with Gasteiger partial charge in [0.25, 0.3) is 5.91 Å². The molecule has 0 N–H and O–H groups in total. The van der Waals surface area contributed by atoms with E-state index in [0.29, 0.717) is 33.9 Å². The van der Waals surface area contributed by atoms with Crippen LogP contribution in [0.2, 0.25) is 0 Å². The van der Waals surface area contributed by atoms with Crippen molar-refractivity contribution in [1.29, 1.82) is 0 Å². The Morgan fingerprint density at radius 1 is 1.35 bits per heavy atom. The van der Waals surface area contributed by atoms with Crippen molar-refractivity contribution < 1.29 is 23.8 Å². The van der Waals surface area contributed by atoms with E-state index in [2.05, 4.69) is 11.3 Å². The lowest BCUT2D eigenvalue weighted by Crippen LogP contribution is -2.27. The zero-order valence-corrected chi connectivity index (χ0v) is 16.2. The van der Waals surface area contributed by atoms with Gasteiger partial charge in [-0.1, -0.05) is 36.1 Å². The van der Waals surface area contributed by atoms with Gasteiger partial charge < -0.3 is 14.2 Å². The van der Waals surface area contributed by atoms with Crippen molar-refractivity contribution in [1.82, 2.24) is 4.90 Å². The van der Waals surface area contributed by atoms with Crippen LogP contribution in [0.15, 0.2) is 35.8 Å². The molecule has 138 valence electrons. The van der Waals surface area contributed by atoms with Crippen LogP contribution in [-0.4, -0.2) is 48.0 Å². The topological polar surface area (TPSA) is 65.1 Å². The number of esters is 1. The van der Waals surface area contributed by atoms with E-state index < -0.39 is 5.97 Å². The molecule has 1 aromatic carbocycles. The minimum absolute atomic E-state index is 0.149. The molecule has 0 aliphatic carbocycles. The molecule has 0 aromatic heterocycles. The summed E-state index contributed by atoms with van der Waals surface area (Å²) in [4.78, 5) is 25.7. The summed E-state index contributed by atoms with van der Waals surface area (Å²) in [5.74, 6) is 0.270. The Labute approximate surface area is 161 Å². The van der Waals surface area contributed by atoms with E-state index in [9.17, 15) is 9.59 Å². The maximum Gasteiger partial charge on any atom is 0.343 e. The minimum atomic E-state index is -0.484. The summed E-state index contributed by atoms with van der Waals surface area (Å²) in [6, 6.07) is 5.20. The van der Waals surface area contributed by atoms with Crippen LogP contribution in [0, 0.1) is 0 Å². The van der Waals surface area contributed by atoms with E-state index in [-0.39, 0.29) is 12.5 Å². The highest BCUT2D eigenvalue weighted by Crippen LogP contribution is 2.34. The predicted molar refractivity (Wildman–Crippen MR) is 105 cm³/mol. The molecule has 1 fully saturated rings. The van der Waals surface area contributed by atoms with Gasteiger partial charge in [-0.05, 0) is 30.7 Å². The van der Waals surface area contributed by atoms with Crippen LogP contribution in [0.4, 0.5) is 0 Å². The molecule has 0 spiro atoms. The molecule has 1 aliphatic rings. The molecular weight excluding hydrogens is 374 g/mol. The first-order valence-corrected chi connectivity index (χ1v) is 9.05. The molecule has 1 saturated heterocycles. The third kappa shape index (κ3) is 4.86. The average Bonchev–Trinajstić information content (AvgIpc) is 2.89. The number of hydrogen-bond acceptors (Lipinski definition) is 7. The molecule has 1 aromatic rings. The number of thioether (sulfide) groups is 1. The molecule has 1 heterocycles. The summed E-state index contributed by atoms with van der Waals surface area (Å²) < 4.78 is 16.1. The fraction of sp³-hybridized carbons (Fsp3) is 0.278. The lowest BCUT2D eigenvalue weighted by atomic mass is 10.2. The van der Waals surface area contributed by atoms with Crippen LogP contribution < -0.4 is 9.47 Å². The molecule has 2 rings (SSSR count). The van der Waals surface area contributed by atoms with Crippen molar-refractivity contribution in [3.05, 3.63) is 41.3 Å². The molecule has 0 atom stereocenters. The van der Waals surface area contributed by atoms with Gasteiger partial charge in [-0.25, -0.2) is 4.79 Å². The van der Waals surface area contributed by atoms with E-state index in [1.165, 1.54) is 23.8 Å². The number of carbonyl (C=O) groups is 2. The number of hydrogen-bond donors (Lipinski definition) is 0. The van der Waals surface area contributed by atoms with Gasteiger partial charge >= 0.3 is 5.97 Å². The number of thiocarbonyl (C=S) groups is 1. The Bertz CT molecular complexity index is 760. The van der Waals surface area contributed by atoms with E-state index >= 15 is 0 Å². The first kappa shape index (κ1) is 20.0. The van der Waals surface area contributed by atoms with Crippen LogP contribution in [-0.2, 0) is 14.3 Å². The van der Waals surface area contributed by atoms with E-state index in [0.717, 1.165) is 5.56 Å². The second-order valence-electron chi connectivity index (χ2n) is 5.08. The number of nitrogens with zero attached hydrogens (tertiary/aromatic N) is 1. The molecule has 26 heavy (non-hydrogen) atoms. The van der Waals surface area contributed by atoms with Gasteiger partial charge in [-0.3, -0.25) is 9.69 Å². The van der Waals surface area contributed by atoms with E-state index in [4.69, 9.17) is 21.7 Å². The molecule has 6 nitrogen and oxygen atoms in total. The maximum absolute atomic E-state index is 12.4. The summed E-state index contributed by atoms with van der Waals surface area (Å²) in [5.41, 5.74) is 0.762. The largest absolute Gasteiger partial charge is 0.490 e. The Morgan fingerprint density at radius 3 is 2.77 bits per heavy atom. The first-order chi connectivity index (χ1) is 12.5. The van der Waals surface area contributed by atoms with Crippen molar-refractivity contribution >= 4 is 46.3 Å². The minimum Gasteiger partial charge on any atom is -0.490 e. The average molecular weight is 393 g/mol. The van der Waals surface area contributed by atoms with Crippen LogP contribution in [0.3, 0.4) is 0 Å². The quantitative estimate of drug-likeness (QED) is 0.291. The van der Waals surface area contributed by atoms with Crippen molar-refractivity contribution in [2.24, 2.45) is 0 Å². The highest BCUT2D eigenvalue weighted by atomic mass is 32.2. The van der Waals surface area contributed by atoms with Crippen molar-refractivity contribution in [2.75, 3.05) is 26.9 Å². The Balaban J connectivity index is 2.23. The molecule has 0 unspecified atom stereocenters. The van der Waals surface area contributed by atoms with Crippen molar-refractivity contribution in [3.8, 4) is 11.5 Å². The van der Waals surface area contributed by atoms with Gasteiger partial charge in [0.05, 0.1) is 18.6 Å². The normalized spacial score (nSPS) is 15.3. The van der Waals surface area contributed by atoms with Gasteiger partial charge in [0.1, 0.15) is 4.32 Å². The molecule has 0 saturated carbocycles. The zero-order valence-electron chi connectivity index (χ0n) is 14.5. The molecular formula is C18H19NO5S2. The number of carbonyl (C=O) groups excluding carboxylic acids is 2. The van der Waals surface area contributed by atoms with Gasteiger partial charge in [0, 0.05) is 6.54 Å². The van der Waals surface area contributed by atoms with Crippen molar-refractivity contribution in [2.45, 2.75) is 6.92 Å². The molecule has 0 radical (unpaired) electrons. The van der Waals surface area contributed by atoms with Gasteiger partial charge in [0.15, 0.2) is 18.1 Å². The fourth-order valence-corrected chi connectivity index (χ4v) is 3.41. The standard InChI is InChI=1S/C18H19NO5S2/c1-4-8-19-17(21)15(26-18(19)25)10-12-6-7-13(14(9-12)23-5-2)24-11-16(20)22-3/h4,6-7,9-10H,1,5,8,11H2,2-3H3/b15-10-. The van der Waals surface area contributed by atoms with Crippen LogP contribution >= 0.6 is 24.0 Å². The summed E-state index contributed by atoms with van der Waals surface area (Å²) in [5, 5.41) is 0. The third-order valence-electron chi connectivity index (χ3n) is 3.32. The fourth-order valence-electron chi connectivity index (χ4n) is 2.14. The Morgan fingerprint density at radius 2 is 2.12 bits per heavy atom. The van der Waals surface area contributed by atoms with Crippen molar-refractivity contribution in [3.63, 3.8) is 0 Å². The van der Waals surface area contributed by atoms with E-state index in [1.54, 1.807) is 30.4 Å². The molecule has 0 bridgehead atoms. The summed E-state index contributed by atoms with van der Waals surface area (Å²) in [7, 11) is 1.29. The number of benzene rings is 1. The molecule has 8 heteroatoms. The van der Waals surface area contributed by atoms with Gasteiger partial charge in [-0.15, -0.1) is 6.58 Å². The summed E-state index contributed by atoms with van der Waals surface area (Å²) in [6.07, 6.45) is 3.38. The SMILES string of the molecule is C=CCN1C(=O)/C(=C/c2ccc(OCC(=O)OC)c(OCC)c2)SC1=S. The molecule has 1 amide bonds. The van der Waals surface area contributed by atoms with Crippen LogP contribution in [0.1, 0.15) is 12.5 Å². The monoisotopic (exact) mass is 393 g/mol. The lowest BCUT2D eigenvalue weighted by Gasteiger charge is -2.12. The zero-order chi connectivity index (χ0) is 19.1. The van der Waals surface area contributed by atoms with Gasteiger partial charge in [0.2, 0.25) is 0 Å². The number of methoxy groups -OCH3 is 1. The molecule has 1 aliphatic heterocycles. The van der Waals surface area contributed by atoms with Crippen LogP contribution in [0.25, 0.3) is 6.08 Å². The second-order valence-corrected chi connectivity index (χ2v) is 6.76. The number of ether oxygens (including phenoxy) is 3. The van der Waals surface area contributed by atoms with Gasteiger partial charge in [-0.2, -0.15) is 0 Å². The smallest absolute Gasteiger partial charge is 0.343 e. The summed E-state index contributed by atoms with van der Waals surface area (Å²) in [6.45, 7) is 6.08. The highest BCUT2D eigenvalue weighted by molar-refractivity contribution is 8.26. The maximum atomic E-state index is 12.4. The first-order valence-electron chi connectivity index (χ1n) is 7.82. The Hall–Kier alpha value is -2.32. The third-order valence-corrected chi connectivity index (χ3v) is 4.70. The predicted octanol–water partition coefficient (Wildman–Crippen LogP) is 3.02. The second kappa shape index (κ2) is 9.40. The number of amides is 1. The summed E-state index contributed by atoms with van der Waals surface area (Å²) >= 11 is 6.47. The Kier molecular flexibility index (Phi) is 7.23. The lowest BCUT2D eigenvalue weighted by molar-refractivity contribution is -0.142. The highest BCUT2D eigenvalue weighted by Gasteiger charge is 2.31. The van der Waals surface area contributed by atoms with Crippen LogP contribution in [0.5, 0.6) is 11.5 Å². The van der Waals surface area contributed by atoms with E-state index in [1.807, 2.05) is 6.92 Å². The number of rotatable bonds is 8.